The number of nitrogens with one attached hydrogen (secondary N) is 1. The molecule has 1 aromatic heterocycles. The monoisotopic (exact) mass is 324 g/mol. The van der Waals surface area contributed by atoms with Crippen LogP contribution in [0.25, 0.3) is 0 Å². The van der Waals surface area contributed by atoms with E-state index in [9.17, 15) is 14.9 Å². The molecule has 9 heteroatoms. The molecule has 1 heterocycles. The SMILES string of the molecule is CCC(=O)Nc1nnc(SCc2cccc([N+](=O)[O-])c2)s1. The maximum atomic E-state index is 11.2. The molecule has 0 saturated heterocycles. The lowest BCUT2D eigenvalue weighted by atomic mass is 10.2. The Bertz CT molecular complexity index is 659. The first-order valence-electron chi connectivity index (χ1n) is 6.08. The Balaban J connectivity index is 1.95. The number of nitrogens with zero attached hydrogens (tertiary/aromatic N) is 3. The van der Waals surface area contributed by atoms with Gasteiger partial charge in [0.05, 0.1) is 4.92 Å². The lowest BCUT2D eigenvalue weighted by molar-refractivity contribution is -0.384. The molecule has 0 unspecified atom stereocenters. The van der Waals surface area contributed by atoms with Crippen LogP contribution in [0.2, 0.25) is 0 Å². The molecule has 0 radical (unpaired) electrons. The Morgan fingerprint density at radius 1 is 1.48 bits per heavy atom. The number of benzene rings is 1. The molecule has 0 atom stereocenters. The second-order valence-corrected chi connectivity index (χ2v) is 6.19. The zero-order valence-corrected chi connectivity index (χ0v) is 12.7. The van der Waals surface area contributed by atoms with Crippen LogP contribution in [0.5, 0.6) is 0 Å². The normalized spacial score (nSPS) is 10.3. The van der Waals surface area contributed by atoms with Crippen LogP contribution in [-0.2, 0) is 10.5 Å². The Hall–Kier alpha value is -2.00. The number of amides is 1. The number of hydrogen-bond donors (Lipinski definition) is 1. The summed E-state index contributed by atoms with van der Waals surface area (Å²) in [7, 11) is 0. The zero-order valence-electron chi connectivity index (χ0n) is 11.1. The van der Waals surface area contributed by atoms with Crippen molar-refractivity contribution in [1.82, 2.24) is 10.2 Å². The van der Waals surface area contributed by atoms with Crippen LogP contribution in [0.3, 0.4) is 0 Å². The Kier molecular flexibility index (Phi) is 5.23. The number of non-ortho nitro benzene ring substituents is 1. The van der Waals surface area contributed by atoms with Crippen LogP contribution >= 0.6 is 23.1 Å². The number of hydrogen-bond acceptors (Lipinski definition) is 7. The van der Waals surface area contributed by atoms with Gasteiger partial charge in [0.2, 0.25) is 11.0 Å². The summed E-state index contributed by atoms with van der Waals surface area (Å²) in [6, 6.07) is 6.47. The second-order valence-electron chi connectivity index (χ2n) is 3.99. The fourth-order valence-corrected chi connectivity index (χ4v) is 3.14. The van der Waals surface area contributed by atoms with E-state index in [1.54, 1.807) is 13.0 Å². The molecule has 7 nitrogen and oxygen atoms in total. The highest BCUT2D eigenvalue weighted by molar-refractivity contribution is 8.00. The van der Waals surface area contributed by atoms with Gasteiger partial charge in [0.15, 0.2) is 4.34 Å². The molecule has 0 aliphatic heterocycles. The van der Waals surface area contributed by atoms with Gasteiger partial charge in [-0.3, -0.25) is 14.9 Å². The van der Waals surface area contributed by atoms with Gasteiger partial charge in [-0.15, -0.1) is 10.2 Å². The molecular formula is C12H12N4O3S2. The van der Waals surface area contributed by atoms with Crippen molar-refractivity contribution in [1.29, 1.82) is 0 Å². The second kappa shape index (κ2) is 7.14. The molecule has 0 aliphatic rings. The fourth-order valence-electron chi connectivity index (χ4n) is 1.43. The van der Waals surface area contributed by atoms with Crippen molar-refractivity contribution in [2.24, 2.45) is 0 Å². The fraction of sp³-hybridized carbons (Fsp3) is 0.250. The summed E-state index contributed by atoms with van der Waals surface area (Å²) in [4.78, 5) is 21.5. The molecule has 1 aromatic carbocycles. The minimum Gasteiger partial charge on any atom is -0.301 e. The number of carbonyl (C=O) groups excluding carboxylic acids is 1. The highest BCUT2D eigenvalue weighted by atomic mass is 32.2. The van der Waals surface area contributed by atoms with Crippen LogP contribution in [0.1, 0.15) is 18.9 Å². The predicted octanol–water partition coefficient (Wildman–Crippen LogP) is 3.09. The van der Waals surface area contributed by atoms with Gasteiger partial charge in [-0.25, -0.2) is 0 Å². The molecule has 0 saturated carbocycles. The summed E-state index contributed by atoms with van der Waals surface area (Å²) in [5.41, 5.74) is 0.907. The van der Waals surface area contributed by atoms with Gasteiger partial charge in [0.25, 0.3) is 5.69 Å². The van der Waals surface area contributed by atoms with E-state index in [1.807, 2.05) is 6.07 Å². The largest absolute Gasteiger partial charge is 0.301 e. The van der Waals surface area contributed by atoms with Crippen LogP contribution < -0.4 is 5.32 Å². The van der Waals surface area contributed by atoms with Crippen molar-refractivity contribution in [3.8, 4) is 0 Å². The van der Waals surface area contributed by atoms with Gasteiger partial charge < -0.3 is 5.32 Å². The third kappa shape index (κ3) is 4.50. The summed E-state index contributed by atoms with van der Waals surface area (Å²) >= 11 is 2.70. The van der Waals surface area contributed by atoms with E-state index in [2.05, 4.69) is 15.5 Å². The maximum Gasteiger partial charge on any atom is 0.269 e. The van der Waals surface area contributed by atoms with Crippen molar-refractivity contribution >= 4 is 39.8 Å². The van der Waals surface area contributed by atoms with E-state index < -0.39 is 4.92 Å². The first kappa shape index (κ1) is 15.4. The molecular weight excluding hydrogens is 312 g/mol. The van der Waals surface area contributed by atoms with Crippen LogP contribution in [0.4, 0.5) is 10.8 Å². The first-order chi connectivity index (χ1) is 10.1. The minimum absolute atomic E-state index is 0.0706. The Morgan fingerprint density at radius 3 is 3.00 bits per heavy atom. The summed E-state index contributed by atoms with van der Waals surface area (Å²) in [5.74, 6) is 0.444. The average Bonchev–Trinajstić information content (AvgIpc) is 2.92. The quantitative estimate of drug-likeness (QED) is 0.379. The average molecular weight is 324 g/mol. The highest BCUT2D eigenvalue weighted by Gasteiger charge is 2.09. The minimum atomic E-state index is -0.419. The zero-order chi connectivity index (χ0) is 15.2. The van der Waals surface area contributed by atoms with E-state index in [0.29, 0.717) is 21.6 Å². The van der Waals surface area contributed by atoms with Gasteiger partial charge in [-0.1, -0.05) is 42.2 Å². The molecule has 1 amide bonds. The smallest absolute Gasteiger partial charge is 0.269 e. The number of nitro benzene ring substituents is 1. The van der Waals surface area contributed by atoms with Crippen molar-refractivity contribution < 1.29 is 9.72 Å². The lowest BCUT2D eigenvalue weighted by Gasteiger charge is -1.98. The van der Waals surface area contributed by atoms with Gasteiger partial charge in [-0.05, 0) is 5.56 Å². The van der Waals surface area contributed by atoms with Crippen molar-refractivity contribution in [3.63, 3.8) is 0 Å². The standard InChI is InChI=1S/C12H12N4O3S2/c1-2-10(17)13-11-14-15-12(21-11)20-7-8-4-3-5-9(6-8)16(18)19/h3-6H,2,7H2,1H3,(H,13,14,17). The van der Waals surface area contributed by atoms with Crippen molar-refractivity contribution in [2.75, 3.05) is 5.32 Å². The number of carbonyl (C=O) groups is 1. The van der Waals surface area contributed by atoms with Gasteiger partial charge >= 0.3 is 0 Å². The highest BCUT2D eigenvalue weighted by Crippen LogP contribution is 2.29. The topological polar surface area (TPSA) is 98.0 Å². The maximum absolute atomic E-state index is 11.2. The molecule has 0 bridgehead atoms. The van der Waals surface area contributed by atoms with Gasteiger partial charge in [0.1, 0.15) is 0 Å². The third-order valence-electron chi connectivity index (χ3n) is 2.46. The molecule has 0 aliphatic carbocycles. The first-order valence-corrected chi connectivity index (χ1v) is 7.88. The van der Waals surface area contributed by atoms with Crippen molar-refractivity contribution in [3.05, 3.63) is 39.9 Å². The summed E-state index contributed by atoms with van der Waals surface area (Å²) in [6.45, 7) is 1.76. The molecule has 21 heavy (non-hydrogen) atoms. The van der Waals surface area contributed by atoms with E-state index in [-0.39, 0.29) is 11.6 Å². The van der Waals surface area contributed by atoms with Crippen LogP contribution in [-0.4, -0.2) is 21.0 Å². The lowest BCUT2D eigenvalue weighted by Crippen LogP contribution is -2.08. The van der Waals surface area contributed by atoms with Gasteiger partial charge in [0, 0.05) is 24.3 Å². The van der Waals surface area contributed by atoms with E-state index in [0.717, 1.165) is 5.56 Å². The summed E-state index contributed by atoms with van der Waals surface area (Å²) in [5, 5.41) is 21.6. The molecule has 2 rings (SSSR count). The van der Waals surface area contributed by atoms with Gasteiger partial charge in [-0.2, -0.15) is 0 Å². The molecule has 0 spiro atoms. The number of aromatic nitrogens is 2. The third-order valence-corrected chi connectivity index (χ3v) is 4.50. The van der Waals surface area contributed by atoms with E-state index >= 15 is 0 Å². The number of thioether (sulfide) groups is 1. The van der Waals surface area contributed by atoms with Crippen LogP contribution in [0, 0.1) is 10.1 Å². The molecule has 1 N–H and O–H groups in total. The molecule has 110 valence electrons. The Labute approximate surface area is 128 Å². The van der Waals surface area contributed by atoms with Crippen LogP contribution in [0.15, 0.2) is 28.6 Å². The Morgan fingerprint density at radius 2 is 2.29 bits per heavy atom. The molecule has 2 aromatic rings. The number of anilines is 1. The van der Waals surface area contributed by atoms with E-state index in [1.165, 1.54) is 35.2 Å². The number of rotatable bonds is 6. The summed E-state index contributed by atoms with van der Waals surface area (Å²) in [6.07, 6.45) is 0.385. The summed E-state index contributed by atoms with van der Waals surface area (Å²) < 4.78 is 0.702. The van der Waals surface area contributed by atoms with E-state index in [4.69, 9.17) is 0 Å². The van der Waals surface area contributed by atoms with Crippen molar-refractivity contribution in [2.45, 2.75) is 23.4 Å². The number of nitro groups is 1. The predicted molar refractivity (Wildman–Crippen MR) is 81.5 cm³/mol. The molecule has 0 fully saturated rings.